The van der Waals surface area contributed by atoms with Gasteiger partial charge in [0.15, 0.2) is 0 Å². The summed E-state index contributed by atoms with van der Waals surface area (Å²) in [6.45, 7) is 0. The van der Waals surface area contributed by atoms with Gasteiger partial charge < -0.3 is 5.73 Å². The van der Waals surface area contributed by atoms with E-state index in [1.54, 1.807) is 18.2 Å². The molecule has 1 saturated carbocycles. The molecule has 1 aromatic carbocycles. The Morgan fingerprint density at radius 1 is 1.50 bits per heavy atom. The Morgan fingerprint density at radius 3 is 2.72 bits per heavy atom. The third kappa shape index (κ3) is 3.01. The minimum atomic E-state index is -0.354. The van der Waals surface area contributed by atoms with Gasteiger partial charge in [-0.2, -0.15) is 0 Å². The molecule has 1 aliphatic carbocycles. The first-order valence-corrected chi connectivity index (χ1v) is 6.70. The molecule has 1 aromatic rings. The number of amidine groups is 1. The Hall–Kier alpha value is -1.56. The molecule has 6 heteroatoms. The van der Waals surface area contributed by atoms with Gasteiger partial charge in [-0.1, -0.05) is 12.1 Å². The second-order valence-corrected chi connectivity index (χ2v) is 5.73. The molecular formula is C12H15N3O2S. The Morgan fingerprint density at radius 2 is 2.17 bits per heavy atom. The number of para-hydroxylation sites is 1. The molecule has 0 spiro atoms. The maximum Gasteiger partial charge on any atom is 0.282 e. The molecule has 0 heterocycles. The molecule has 0 unspecified atom stereocenters. The molecule has 0 aliphatic heterocycles. The van der Waals surface area contributed by atoms with Gasteiger partial charge in [-0.25, -0.2) is 0 Å². The van der Waals surface area contributed by atoms with E-state index in [9.17, 15) is 10.1 Å². The molecule has 0 saturated heterocycles. The fourth-order valence-corrected chi connectivity index (χ4v) is 3.23. The molecule has 0 atom stereocenters. The summed E-state index contributed by atoms with van der Waals surface area (Å²) in [5.74, 6) is 0.993. The largest absolute Gasteiger partial charge is 0.388 e. The van der Waals surface area contributed by atoms with Gasteiger partial charge in [-0.05, 0) is 24.3 Å². The Kier molecular flexibility index (Phi) is 3.56. The number of hydrogen-bond donors (Lipinski definition) is 2. The number of nitro groups is 1. The third-order valence-electron chi connectivity index (χ3n) is 3.12. The molecule has 0 bridgehead atoms. The van der Waals surface area contributed by atoms with Crippen molar-refractivity contribution < 1.29 is 4.92 Å². The fourth-order valence-electron chi connectivity index (χ4n) is 1.91. The summed E-state index contributed by atoms with van der Waals surface area (Å²) in [5, 5.41) is 18.2. The van der Waals surface area contributed by atoms with Gasteiger partial charge in [0, 0.05) is 18.2 Å². The standard InChI is InChI=1S/C12H15N3O2S/c13-11(14)7-12(5-6-12)8-18-10-4-2-1-3-9(10)15(16)17/h1-4H,5-8H2,(H3,13,14). The third-order valence-corrected chi connectivity index (χ3v) is 4.53. The predicted molar refractivity (Wildman–Crippen MR) is 72.0 cm³/mol. The van der Waals surface area contributed by atoms with Gasteiger partial charge in [0.1, 0.15) is 0 Å². The topological polar surface area (TPSA) is 93.0 Å². The van der Waals surface area contributed by atoms with Crippen LogP contribution in [0, 0.1) is 20.9 Å². The normalized spacial score (nSPS) is 16.2. The maximum absolute atomic E-state index is 10.9. The van der Waals surface area contributed by atoms with Crippen molar-refractivity contribution in [2.75, 3.05) is 5.75 Å². The summed E-state index contributed by atoms with van der Waals surface area (Å²) in [7, 11) is 0. The lowest BCUT2D eigenvalue weighted by Gasteiger charge is -2.13. The number of nitrogens with one attached hydrogen (secondary N) is 1. The van der Waals surface area contributed by atoms with Gasteiger partial charge >= 0.3 is 0 Å². The fraction of sp³-hybridized carbons (Fsp3) is 0.417. The van der Waals surface area contributed by atoms with Crippen molar-refractivity contribution in [2.45, 2.75) is 24.2 Å². The van der Waals surface area contributed by atoms with Crippen LogP contribution in [0.25, 0.3) is 0 Å². The van der Waals surface area contributed by atoms with E-state index in [2.05, 4.69) is 0 Å². The van der Waals surface area contributed by atoms with E-state index in [1.807, 2.05) is 0 Å². The second kappa shape index (κ2) is 4.97. The molecular weight excluding hydrogens is 250 g/mol. The number of nitrogens with two attached hydrogens (primary N) is 1. The number of nitrogens with zero attached hydrogens (tertiary/aromatic N) is 1. The highest BCUT2D eigenvalue weighted by Crippen LogP contribution is 2.52. The zero-order chi connectivity index (χ0) is 13.2. The molecule has 96 valence electrons. The van der Waals surface area contributed by atoms with Crippen molar-refractivity contribution in [3.05, 3.63) is 34.4 Å². The number of benzene rings is 1. The van der Waals surface area contributed by atoms with Crippen LogP contribution in [-0.2, 0) is 0 Å². The zero-order valence-electron chi connectivity index (χ0n) is 9.89. The average molecular weight is 265 g/mol. The minimum absolute atomic E-state index is 0.0974. The lowest BCUT2D eigenvalue weighted by molar-refractivity contribution is -0.387. The number of thioether (sulfide) groups is 1. The smallest absolute Gasteiger partial charge is 0.282 e. The number of hydrogen-bond acceptors (Lipinski definition) is 4. The highest BCUT2D eigenvalue weighted by molar-refractivity contribution is 7.99. The van der Waals surface area contributed by atoms with E-state index < -0.39 is 0 Å². The lowest BCUT2D eigenvalue weighted by Crippen LogP contribution is -2.18. The number of nitro benzene ring substituents is 1. The van der Waals surface area contributed by atoms with Crippen molar-refractivity contribution in [2.24, 2.45) is 11.1 Å². The van der Waals surface area contributed by atoms with E-state index in [1.165, 1.54) is 17.8 Å². The van der Waals surface area contributed by atoms with Crippen LogP contribution in [0.5, 0.6) is 0 Å². The molecule has 18 heavy (non-hydrogen) atoms. The van der Waals surface area contributed by atoms with E-state index in [0.717, 1.165) is 18.6 Å². The molecule has 3 N–H and O–H groups in total. The Balaban J connectivity index is 2.03. The molecule has 0 aromatic heterocycles. The van der Waals surface area contributed by atoms with Crippen LogP contribution >= 0.6 is 11.8 Å². The van der Waals surface area contributed by atoms with Crippen LogP contribution in [0.2, 0.25) is 0 Å². The lowest BCUT2D eigenvalue weighted by atomic mass is 10.1. The number of rotatable bonds is 6. The molecule has 1 fully saturated rings. The second-order valence-electron chi connectivity index (χ2n) is 4.72. The van der Waals surface area contributed by atoms with Gasteiger partial charge in [-0.15, -0.1) is 11.8 Å². The van der Waals surface area contributed by atoms with Gasteiger partial charge in [0.25, 0.3) is 5.69 Å². The predicted octanol–water partition coefficient (Wildman–Crippen LogP) is 2.79. The molecule has 1 aliphatic rings. The highest BCUT2D eigenvalue weighted by Gasteiger charge is 2.43. The quantitative estimate of drug-likeness (QED) is 0.272. The van der Waals surface area contributed by atoms with E-state index in [0.29, 0.717) is 11.3 Å². The summed E-state index contributed by atoms with van der Waals surface area (Å²) < 4.78 is 0. The summed E-state index contributed by atoms with van der Waals surface area (Å²) in [6, 6.07) is 6.77. The zero-order valence-corrected chi connectivity index (χ0v) is 10.7. The minimum Gasteiger partial charge on any atom is -0.388 e. The molecule has 0 radical (unpaired) electrons. The average Bonchev–Trinajstić information content (AvgIpc) is 3.06. The van der Waals surface area contributed by atoms with Gasteiger partial charge in [-0.3, -0.25) is 15.5 Å². The van der Waals surface area contributed by atoms with Crippen LogP contribution in [-0.4, -0.2) is 16.5 Å². The first-order valence-electron chi connectivity index (χ1n) is 5.72. The van der Waals surface area contributed by atoms with E-state index in [4.69, 9.17) is 11.1 Å². The van der Waals surface area contributed by atoms with Crippen molar-refractivity contribution >= 4 is 23.3 Å². The van der Waals surface area contributed by atoms with Gasteiger partial charge in [0.2, 0.25) is 0 Å². The van der Waals surface area contributed by atoms with Crippen LogP contribution in [0.3, 0.4) is 0 Å². The Bertz CT molecular complexity index is 486. The first-order chi connectivity index (χ1) is 8.52. The summed E-state index contributed by atoms with van der Waals surface area (Å²) >= 11 is 1.49. The highest BCUT2D eigenvalue weighted by atomic mass is 32.2. The van der Waals surface area contributed by atoms with Crippen molar-refractivity contribution in [3.63, 3.8) is 0 Å². The summed E-state index contributed by atoms with van der Waals surface area (Å²) in [6.07, 6.45) is 2.71. The van der Waals surface area contributed by atoms with Crippen molar-refractivity contribution in [1.82, 2.24) is 0 Å². The maximum atomic E-state index is 10.9. The molecule has 5 nitrogen and oxygen atoms in total. The van der Waals surface area contributed by atoms with E-state index in [-0.39, 0.29) is 21.9 Å². The van der Waals surface area contributed by atoms with Crippen molar-refractivity contribution in [1.29, 1.82) is 5.41 Å². The Labute approximate surface area is 109 Å². The van der Waals surface area contributed by atoms with Gasteiger partial charge in [0.05, 0.1) is 15.7 Å². The molecule has 2 rings (SSSR count). The van der Waals surface area contributed by atoms with Crippen LogP contribution in [0.4, 0.5) is 5.69 Å². The molecule has 0 amide bonds. The van der Waals surface area contributed by atoms with Crippen LogP contribution in [0.15, 0.2) is 29.2 Å². The summed E-state index contributed by atoms with van der Waals surface area (Å²) in [5.41, 5.74) is 5.68. The van der Waals surface area contributed by atoms with E-state index >= 15 is 0 Å². The van der Waals surface area contributed by atoms with Crippen molar-refractivity contribution in [3.8, 4) is 0 Å². The van der Waals surface area contributed by atoms with Crippen LogP contribution in [0.1, 0.15) is 19.3 Å². The van der Waals surface area contributed by atoms with Crippen LogP contribution < -0.4 is 5.73 Å². The summed E-state index contributed by atoms with van der Waals surface area (Å²) in [4.78, 5) is 11.2. The monoisotopic (exact) mass is 265 g/mol. The first kappa shape index (κ1) is 12.9. The SMILES string of the molecule is N=C(N)CC1(CSc2ccccc2[N+](=O)[O-])CC1.